The Kier molecular flexibility index (Phi) is 9.88. The predicted octanol–water partition coefficient (Wildman–Crippen LogP) is 6.10. The van der Waals surface area contributed by atoms with E-state index in [0.29, 0.717) is 23.4 Å². The molecule has 0 aromatic heterocycles. The zero-order valence-corrected chi connectivity index (χ0v) is 22.4. The Labute approximate surface area is 235 Å². The first-order chi connectivity index (χ1) is 19.4. The number of rotatable bonds is 12. The molecule has 3 atom stereocenters. The molecule has 0 saturated heterocycles. The maximum absolute atomic E-state index is 13.1. The number of ether oxygens (including phenoxy) is 2. The van der Waals surface area contributed by atoms with Crippen molar-refractivity contribution in [1.29, 1.82) is 0 Å². The van der Waals surface area contributed by atoms with Crippen molar-refractivity contribution in [3.63, 3.8) is 0 Å². The van der Waals surface area contributed by atoms with Crippen LogP contribution in [0, 0.1) is 5.92 Å². The Hall–Kier alpha value is -4.65. The van der Waals surface area contributed by atoms with Crippen molar-refractivity contribution in [1.82, 2.24) is 5.32 Å². The minimum absolute atomic E-state index is 0.362. The Morgan fingerprint density at radius 3 is 2.23 bits per heavy atom. The zero-order valence-electron chi connectivity index (χ0n) is 22.4. The van der Waals surface area contributed by atoms with Crippen LogP contribution in [0.1, 0.15) is 28.5 Å². The fraction of sp³-hybridized carbons (Fsp3) is 0.147. The molecule has 0 saturated carbocycles. The molecule has 4 aromatic carbocycles. The first kappa shape index (κ1) is 28.4. The lowest BCUT2D eigenvalue weighted by Gasteiger charge is -2.27. The van der Waals surface area contributed by atoms with E-state index >= 15 is 0 Å². The number of aliphatic hydroxyl groups is 1. The molecular weight excluding hydrogens is 500 g/mol. The molecule has 4 aromatic rings. The average Bonchev–Trinajstić information content (AvgIpc) is 2.99. The van der Waals surface area contributed by atoms with Crippen LogP contribution in [0.5, 0.6) is 11.5 Å². The number of methoxy groups -OCH3 is 1. The summed E-state index contributed by atoms with van der Waals surface area (Å²) in [5.74, 6) is 0.340. The summed E-state index contributed by atoms with van der Waals surface area (Å²) < 4.78 is 11.1. The van der Waals surface area contributed by atoms with Crippen LogP contribution in [0.4, 0.5) is 0 Å². The number of nitrogens with two attached hydrogens (primary N) is 1. The molecule has 0 aliphatic rings. The summed E-state index contributed by atoms with van der Waals surface area (Å²) in [5.41, 5.74) is 9.64. The number of hydrogen-bond donors (Lipinski definition) is 3. The van der Waals surface area contributed by atoms with E-state index in [4.69, 9.17) is 15.2 Å². The lowest BCUT2D eigenvalue weighted by Crippen LogP contribution is -2.42. The predicted molar refractivity (Wildman–Crippen MR) is 159 cm³/mol. The fourth-order valence-electron chi connectivity index (χ4n) is 4.37. The highest BCUT2D eigenvalue weighted by Gasteiger charge is 2.30. The van der Waals surface area contributed by atoms with Gasteiger partial charge in [0.25, 0.3) is 0 Å². The maximum Gasteiger partial charge on any atom is 0.310 e. The van der Waals surface area contributed by atoms with Gasteiger partial charge >= 0.3 is 5.97 Å². The topological polar surface area (TPSA) is 93.8 Å². The molecule has 6 heteroatoms. The van der Waals surface area contributed by atoms with Gasteiger partial charge in [-0.3, -0.25) is 10.1 Å². The van der Waals surface area contributed by atoms with Crippen LogP contribution in [-0.4, -0.2) is 24.2 Å². The fourth-order valence-corrected chi connectivity index (χ4v) is 4.37. The van der Waals surface area contributed by atoms with Gasteiger partial charge in [0.05, 0.1) is 13.0 Å². The van der Waals surface area contributed by atoms with Crippen LogP contribution >= 0.6 is 0 Å². The summed E-state index contributed by atoms with van der Waals surface area (Å²) in [6.45, 7) is 3.82. The average molecular weight is 535 g/mol. The highest BCUT2D eigenvalue weighted by Crippen LogP contribution is 2.25. The molecule has 0 radical (unpaired) electrons. The third-order valence-electron chi connectivity index (χ3n) is 6.51. The molecule has 6 nitrogen and oxygen atoms in total. The number of para-hydroxylation sites is 1. The first-order valence-electron chi connectivity index (χ1n) is 13.0. The molecular formula is C34H34N2O4. The molecule has 0 aliphatic heterocycles. The molecule has 0 spiro atoms. The van der Waals surface area contributed by atoms with E-state index in [1.54, 1.807) is 24.3 Å². The monoisotopic (exact) mass is 534 g/mol. The van der Waals surface area contributed by atoms with Crippen molar-refractivity contribution in [3.05, 3.63) is 144 Å². The van der Waals surface area contributed by atoms with Crippen molar-refractivity contribution in [2.75, 3.05) is 7.11 Å². The van der Waals surface area contributed by atoms with Gasteiger partial charge in [-0.05, 0) is 59.0 Å². The smallest absolute Gasteiger partial charge is 0.310 e. The molecule has 0 bridgehead atoms. The number of carbonyl (C=O) groups excluding carboxylic acids is 1. The van der Waals surface area contributed by atoms with E-state index < -0.39 is 24.2 Å². The molecule has 204 valence electrons. The van der Waals surface area contributed by atoms with Crippen LogP contribution in [0.3, 0.4) is 0 Å². The van der Waals surface area contributed by atoms with Crippen molar-refractivity contribution >= 4 is 17.7 Å². The molecule has 3 unspecified atom stereocenters. The van der Waals surface area contributed by atoms with Crippen molar-refractivity contribution in [2.45, 2.75) is 18.7 Å². The van der Waals surface area contributed by atoms with E-state index in [2.05, 4.69) is 11.9 Å². The van der Waals surface area contributed by atoms with Crippen molar-refractivity contribution in [3.8, 4) is 11.5 Å². The van der Waals surface area contributed by atoms with Gasteiger partial charge in [-0.25, -0.2) is 0 Å². The zero-order chi connectivity index (χ0) is 28.3. The molecule has 4 N–H and O–H groups in total. The normalized spacial score (nSPS) is 13.3. The lowest BCUT2D eigenvalue weighted by atomic mass is 9.90. The summed E-state index contributed by atoms with van der Waals surface area (Å²) >= 11 is 0. The second kappa shape index (κ2) is 13.9. The Bertz CT molecular complexity index is 1420. The number of esters is 1. The van der Waals surface area contributed by atoms with Gasteiger partial charge < -0.3 is 20.3 Å². The number of carbonyl (C=O) groups is 1. The number of benzene rings is 4. The minimum Gasteiger partial charge on any atom is -0.469 e. The third-order valence-corrected chi connectivity index (χ3v) is 6.51. The lowest BCUT2D eigenvalue weighted by molar-refractivity contribution is -0.146. The van der Waals surface area contributed by atoms with Gasteiger partial charge in [-0.1, -0.05) is 97.6 Å². The SMILES string of the molecule is C=C(N)c1cccc(CC(C(=O)OC)C(/C=C/c2ccccc2)NC(O)c2ccc(Oc3ccccc3)cc2)c1. The molecule has 4 rings (SSSR count). The van der Waals surface area contributed by atoms with Crippen LogP contribution in [0.15, 0.2) is 122 Å². The van der Waals surface area contributed by atoms with Crippen molar-refractivity contribution < 1.29 is 19.4 Å². The van der Waals surface area contributed by atoms with Gasteiger partial charge in [-0.15, -0.1) is 0 Å². The van der Waals surface area contributed by atoms with Crippen molar-refractivity contribution in [2.24, 2.45) is 11.7 Å². The molecule has 40 heavy (non-hydrogen) atoms. The van der Waals surface area contributed by atoms with E-state index in [-0.39, 0.29) is 0 Å². The largest absolute Gasteiger partial charge is 0.469 e. The third kappa shape index (κ3) is 7.93. The van der Waals surface area contributed by atoms with Gasteiger partial charge in [0.15, 0.2) is 0 Å². The standard InChI is InChI=1S/C34H34N2O4/c1-24(35)28-13-9-12-26(22-28)23-31(34(38)39-2)32(21-16-25-10-5-3-6-11-25)36-33(37)27-17-19-30(20-18-27)40-29-14-7-4-8-15-29/h3-22,31-33,36-37H,1,23,35H2,2H3/b21-16+. The number of aliphatic hydroxyl groups excluding tert-OH is 1. The van der Waals surface area contributed by atoms with Gasteiger partial charge in [0.1, 0.15) is 17.7 Å². The second-order valence-electron chi connectivity index (χ2n) is 9.41. The minimum atomic E-state index is -1.06. The summed E-state index contributed by atoms with van der Waals surface area (Å²) in [6, 6.07) is 33.5. The van der Waals surface area contributed by atoms with E-state index in [9.17, 15) is 9.90 Å². The van der Waals surface area contributed by atoms with E-state index in [0.717, 1.165) is 22.4 Å². The van der Waals surface area contributed by atoms with E-state index in [1.165, 1.54) is 7.11 Å². The first-order valence-corrected chi connectivity index (χ1v) is 13.0. The molecule has 0 aliphatic carbocycles. The quantitative estimate of drug-likeness (QED) is 0.150. The summed E-state index contributed by atoms with van der Waals surface area (Å²) in [5, 5.41) is 14.4. The molecule has 0 heterocycles. The number of nitrogens with one attached hydrogen (secondary N) is 1. The van der Waals surface area contributed by atoms with Crippen LogP contribution in [0.25, 0.3) is 11.8 Å². The van der Waals surface area contributed by atoms with Gasteiger partial charge in [0.2, 0.25) is 0 Å². The van der Waals surface area contributed by atoms with Gasteiger partial charge in [-0.2, -0.15) is 0 Å². The Balaban J connectivity index is 1.58. The highest BCUT2D eigenvalue weighted by molar-refractivity contribution is 5.74. The maximum atomic E-state index is 13.1. The molecule has 0 fully saturated rings. The van der Waals surface area contributed by atoms with Crippen LogP contribution in [-0.2, 0) is 16.0 Å². The summed E-state index contributed by atoms with van der Waals surface area (Å²) in [7, 11) is 1.37. The second-order valence-corrected chi connectivity index (χ2v) is 9.41. The van der Waals surface area contributed by atoms with Crippen LogP contribution < -0.4 is 15.8 Å². The number of hydrogen-bond acceptors (Lipinski definition) is 6. The highest BCUT2D eigenvalue weighted by atomic mass is 16.5. The summed E-state index contributed by atoms with van der Waals surface area (Å²) in [4.78, 5) is 13.1. The Morgan fingerprint density at radius 2 is 1.57 bits per heavy atom. The van der Waals surface area contributed by atoms with E-state index in [1.807, 2.05) is 97.1 Å². The summed E-state index contributed by atoms with van der Waals surface area (Å²) in [6.07, 6.45) is 3.12. The van der Waals surface area contributed by atoms with Gasteiger partial charge in [0, 0.05) is 11.7 Å². The van der Waals surface area contributed by atoms with Crippen LogP contribution in [0.2, 0.25) is 0 Å². The Morgan fingerprint density at radius 1 is 0.925 bits per heavy atom. The molecule has 0 amide bonds.